The number of rotatable bonds is 5. The van der Waals surface area contributed by atoms with Crippen molar-refractivity contribution in [3.8, 4) is 5.75 Å². The summed E-state index contributed by atoms with van der Waals surface area (Å²) in [6.07, 6.45) is 4.13. The number of benzene rings is 1. The maximum Gasteiger partial charge on any atom is 0.233 e. The topological polar surface area (TPSA) is 55.6 Å². The summed E-state index contributed by atoms with van der Waals surface area (Å²) in [5.41, 5.74) is 7.04. The van der Waals surface area contributed by atoms with Gasteiger partial charge < -0.3 is 15.4 Å². The van der Waals surface area contributed by atoms with E-state index >= 15 is 0 Å². The molecule has 1 aromatic rings. The molecule has 2 atom stereocenters. The third kappa shape index (κ3) is 2.60. The maximum atomic E-state index is 13.0. The molecule has 0 radical (unpaired) electrons. The summed E-state index contributed by atoms with van der Waals surface area (Å²) >= 11 is 0. The highest BCUT2D eigenvalue weighted by molar-refractivity contribution is 5.91. The zero-order valence-corrected chi connectivity index (χ0v) is 13.5. The average molecular weight is 302 g/mol. The van der Waals surface area contributed by atoms with E-state index in [1.807, 2.05) is 29.2 Å². The number of ether oxygens (including phenoxy) is 1. The fraction of sp³-hybridized carbons (Fsp3) is 0.611. The predicted molar refractivity (Wildman–Crippen MR) is 86.9 cm³/mol. The summed E-state index contributed by atoms with van der Waals surface area (Å²) in [7, 11) is 1.66. The molecule has 1 aliphatic carbocycles. The van der Waals surface area contributed by atoms with Crippen LogP contribution < -0.4 is 10.5 Å². The predicted octanol–water partition coefficient (Wildman–Crippen LogP) is 2.31. The van der Waals surface area contributed by atoms with Gasteiger partial charge in [-0.25, -0.2) is 0 Å². The quantitative estimate of drug-likeness (QED) is 0.908. The molecular formula is C18H26N2O2. The Kier molecular flexibility index (Phi) is 4.13. The number of hydrogen-bond donors (Lipinski definition) is 1. The van der Waals surface area contributed by atoms with Crippen LogP contribution in [-0.4, -0.2) is 37.0 Å². The number of hydrogen-bond acceptors (Lipinski definition) is 3. The lowest BCUT2D eigenvalue weighted by atomic mass is 9.94. The van der Waals surface area contributed by atoms with Gasteiger partial charge in [-0.2, -0.15) is 0 Å². The van der Waals surface area contributed by atoms with E-state index in [2.05, 4.69) is 6.92 Å². The van der Waals surface area contributed by atoms with E-state index in [1.165, 1.54) is 0 Å². The van der Waals surface area contributed by atoms with Crippen LogP contribution in [0.25, 0.3) is 0 Å². The first kappa shape index (κ1) is 15.3. The minimum Gasteiger partial charge on any atom is -0.497 e. The summed E-state index contributed by atoms with van der Waals surface area (Å²) in [6.45, 7) is 3.71. The highest BCUT2D eigenvalue weighted by atomic mass is 16.5. The van der Waals surface area contributed by atoms with Crippen molar-refractivity contribution in [2.45, 2.75) is 44.1 Å². The number of nitrogens with two attached hydrogens (primary N) is 1. The van der Waals surface area contributed by atoms with Crippen LogP contribution in [-0.2, 0) is 10.2 Å². The van der Waals surface area contributed by atoms with Gasteiger partial charge >= 0.3 is 0 Å². The molecular weight excluding hydrogens is 276 g/mol. The van der Waals surface area contributed by atoms with Crippen molar-refractivity contribution in [2.75, 3.05) is 20.2 Å². The lowest BCUT2D eigenvalue weighted by molar-refractivity contribution is -0.133. The third-order valence-electron chi connectivity index (χ3n) is 5.24. The normalized spacial score (nSPS) is 26.0. The Labute approximate surface area is 132 Å². The molecule has 120 valence electrons. The molecule has 0 aromatic heterocycles. The molecule has 4 heteroatoms. The fourth-order valence-electron chi connectivity index (χ4n) is 3.70. The van der Waals surface area contributed by atoms with Crippen LogP contribution in [0, 0.1) is 5.92 Å². The van der Waals surface area contributed by atoms with Gasteiger partial charge in [-0.15, -0.1) is 0 Å². The molecule has 1 amide bonds. The number of amides is 1. The second-order valence-electron chi connectivity index (χ2n) is 6.73. The molecule has 1 saturated carbocycles. The van der Waals surface area contributed by atoms with Gasteiger partial charge in [-0.1, -0.05) is 25.5 Å². The molecule has 4 nitrogen and oxygen atoms in total. The molecule has 0 spiro atoms. The minimum absolute atomic E-state index is 0.135. The third-order valence-corrected chi connectivity index (χ3v) is 5.24. The second kappa shape index (κ2) is 5.92. The Balaban J connectivity index is 1.74. The standard InChI is InChI=1S/C18H26N2O2/c1-3-4-13-11-20(12-16(13)19)17(21)18(9-10-18)14-5-7-15(22-2)8-6-14/h5-8,13,16H,3-4,9-12,19H2,1-2H3/t13-,16-/m1/s1. The van der Waals surface area contributed by atoms with E-state index < -0.39 is 0 Å². The molecule has 2 N–H and O–H groups in total. The van der Waals surface area contributed by atoms with Crippen LogP contribution in [0.5, 0.6) is 5.75 Å². The highest BCUT2D eigenvalue weighted by Crippen LogP contribution is 2.50. The Morgan fingerprint density at radius 3 is 2.55 bits per heavy atom. The molecule has 1 heterocycles. The molecule has 3 rings (SSSR count). The van der Waals surface area contributed by atoms with Crippen molar-refractivity contribution in [3.63, 3.8) is 0 Å². The van der Waals surface area contributed by atoms with Gasteiger partial charge in [0.2, 0.25) is 5.91 Å². The summed E-state index contributed by atoms with van der Waals surface area (Å²) in [6, 6.07) is 8.08. The average Bonchev–Trinajstić information content (AvgIpc) is 3.27. The van der Waals surface area contributed by atoms with E-state index in [-0.39, 0.29) is 17.4 Å². The maximum absolute atomic E-state index is 13.0. The van der Waals surface area contributed by atoms with Crippen molar-refractivity contribution < 1.29 is 9.53 Å². The Hall–Kier alpha value is -1.55. The molecule has 1 saturated heterocycles. The second-order valence-corrected chi connectivity index (χ2v) is 6.73. The van der Waals surface area contributed by atoms with Crippen LogP contribution in [0.4, 0.5) is 0 Å². The number of nitrogens with zero attached hydrogens (tertiary/aromatic N) is 1. The summed E-state index contributed by atoms with van der Waals surface area (Å²) in [4.78, 5) is 15.0. The minimum atomic E-state index is -0.299. The Morgan fingerprint density at radius 1 is 1.32 bits per heavy atom. The zero-order chi connectivity index (χ0) is 15.7. The Morgan fingerprint density at radius 2 is 2.00 bits per heavy atom. The number of carbonyl (C=O) groups is 1. The summed E-state index contributed by atoms with van der Waals surface area (Å²) < 4.78 is 5.21. The Bertz CT molecular complexity index is 537. The number of carbonyl (C=O) groups excluding carboxylic acids is 1. The zero-order valence-electron chi connectivity index (χ0n) is 13.5. The first-order chi connectivity index (χ1) is 10.6. The van der Waals surface area contributed by atoms with Crippen LogP contribution in [0.3, 0.4) is 0 Å². The number of methoxy groups -OCH3 is 1. The van der Waals surface area contributed by atoms with Gasteiger partial charge in [0, 0.05) is 19.1 Å². The SMILES string of the molecule is CCC[C@@H]1CN(C(=O)C2(c3ccc(OC)cc3)CC2)C[C@H]1N. The van der Waals surface area contributed by atoms with Gasteiger partial charge in [0.1, 0.15) is 5.75 Å². The molecule has 1 aliphatic heterocycles. The first-order valence-corrected chi connectivity index (χ1v) is 8.30. The molecule has 0 bridgehead atoms. The summed E-state index contributed by atoms with van der Waals surface area (Å²) in [5.74, 6) is 1.56. The smallest absolute Gasteiger partial charge is 0.233 e. The van der Waals surface area contributed by atoms with E-state index in [1.54, 1.807) is 7.11 Å². The lowest BCUT2D eigenvalue weighted by Gasteiger charge is -2.23. The molecule has 2 fully saturated rings. The van der Waals surface area contributed by atoms with E-state index in [0.29, 0.717) is 12.5 Å². The molecule has 2 aliphatic rings. The van der Waals surface area contributed by atoms with Gasteiger partial charge in [0.05, 0.1) is 12.5 Å². The van der Waals surface area contributed by atoms with Crippen LogP contribution in [0.15, 0.2) is 24.3 Å². The monoisotopic (exact) mass is 302 g/mol. The van der Waals surface area contributed by atoms with Crippen molar-refractivity contribution in [1.29, 1.82) is 0 Å². The van der Waals surface area contributed by atoms with Gasteiger partial charge in [0.15, 0.2) is 0 Å². The van der Waals surface area contributed by atoms with E-state index in [0.717, 1.165) is 43.5 Å². The molecule has 0 unspecified atom stereocenters. The fourth-order valence-corrected chi connectivity index (χ4v) is 3.70. The highest BCUT2D eigenvalue weighted by Gasteiger charge is 2.54. The lowest BCUT2D eigenvalue weighted by Crippen LogP contribution is -2.39. The van der Waals surface area contributed by atoms with Crippen LogP contribution in [0.1, 0.15) is 38.2 Å². The van der Waals surface area contributed by atoms with Crippen molar-refractivity contribution in [2.24, 2.45) is 11.7 Å². The van der Waals surface area contributed by atoms with E-state index in [4.69, 9.17) is 10.5 Å². The van der Waals surface area contributed by atoms with Gasteiger partial charge in [-0.05, 0) is 42.9 Å². The van der Waals surface area contributed by atoms with Crippen molar-refractivity contribution in [1.82, 2.24) is 4.90 Å². The molecule has 1 aromatic carbocycles. The van der Waals surface area contributed by atoms with Crippen LogP contribution >= 0.6 is 0 Å². The summed E-state index contributed by atoms with van der Waals surface area (Å²) in [5, 5.41) is 0. The van der Waals surface area contributed by atoms with Crippen LogP contribution in [0.2, 0.25) is 0 Å². The van der Waals surface area contributed by atoms with Crippen molar-refractivity contribution >= 4 is 5.91 Å². The first-order valence-electron chi connectivity index (χ1n) is 8.30. The van der Waals surface area contributed by atoms with E-state index in [9.17, 15) is 4.79 Å². The van der Waals surface area contributed by atoms with Gasteiger partial charge in [-0.3, -0.25) is 4.79 Å². The van der Waals surface area contributed by atoms with Gasteiger partial charge in [0.25, 0.3) is 0 Å². The largest absolute Gasteiger partial charge is 0.497 e. The number of likely N-dealkylation sites (tertiary alicyclic amines) is 1. The van der Waals surface area contributed by atoms with Crippen molar-refractivity contribution in [3.05, 3.63) is 29.8 Å². The molecule has 22 heavy (non-hydrogen) atoms.